The summed E-state index contributed by atoms with van der Waals surface area (Å²) >= 11 is 0. The van der Waals surface area contributed by atoms with E-state index >= 15 is 0 Å². The molecule has 0 aliphatic heterocycles. The molecule has 2 rings (SSSR count). The SMILES string of the molecule is COc1ccc(C=O)c(OCc2ccc([N+](=O)[O-])cc2)c1. The Bertz CT molecular complexity index is 652. The van der Waals surface area contributed by atoms with Crippen LogP contribution in [0.4, 0.5) is 5.69 Å². The highest BCUT2D eigenvalue weighted by molar-refractivity contribution is 5.79. The molecule has 0 N–H and O–H groups in total. The van der Waals surface area contributed by atoms with E-state index in [-0.39, 0.29) is 12.3 Å². The van der Waals surface area contributed by atoms with E-state index in [4.69, 9.17) is 9.47 Å². The number of non-ortho nitro benzene ring substituents is 1. The predicted molar refractivity (Wildman–Crippen MR) is 75.8 cm³/mol. The number of carbonyl (C=O) groups is 1. The van der Waals surface area contributed by atoms with Crippen molar-refractivity contribution in [1.29, 1.82) is 0 Å². The molecule has 0 aliphatic carbocycles. The smallest absolute Gasteiger partial charge is 0.269 e. The number of rotatable bonds is 6. The molecule has 0 heterocycles. The highest BCUT2D eigenvalue weighted by Crippen LogP contribution is 2.24. The summed E-state index contributed by atoms with van der Waals surface area (Å²) in [4.78, 5) is 21.1. The van der Waals surface area contributed by atoms with Crippen molar-refractivity contribution in [3.8, 4) is 11.5 Å². The number of hydrogen-bond acceptors (Lipinski definition) is 5. The zero-order chi connectivity index (χ0) is 15.2. The molecule has 0 amide bonds. The number of carbonyl (C=O) groups excluding carboxylic acids is 1. The van der Waals surface area contributed by atoms with Crippen LogP contribution in [0.5, 0.6) is 11.5 Å². The molecule has 21 heavy (non-hydrogen) atoms. The molecule has 108 valence electrons. The first-order valence-electron chi connectivity index (χ1n) is 6.13. The molecule has 0 bridgehead atoms. The zero-order valence-corrected chi connectivity index (χ0v) is 11.3. The highest BCUT2D eigenvalue weighted by Gasteiger charge is 2.07. The Kier molecular flexibility index (Phi) is 4.50. The van der Waals surface area contributed by atoms with Crippen LogP contribution < -0.4 is 9.47 Å². The van der Waals surface area contributed by atoms with Crippen molar-refractivity contribution in [3.63, 3.8) is 0 Å². The Morgan fingerprint density at radius 1 is 1.19 bits per heavy atom. The van der Waals surface area contributed by atoms with Gasteiger partial charge in [0.15, 0.2) is 6.29 Å². The quantitative estimate of drug-likeness (QED) is 0.463. The van der Waals surface area contributed by atoms with Gasteiger partial charge in [0.2, 0.25) is 0 Å². The minimum absolute atomic E-state index is 0.0220. The van der Waals surface area contributed by atoms with Crippen LogP contribution in [-0.2, 0) is 6.61 Å². The molecule has 2 aromatic carbocycles. The maximum atomic E-state index is 11.0. The van der Waals surface area contributed by atoms with Crippen LogP contribution in [0.25, 0.3) is 0 Å². The molecular formula is C15H13NO5. The molecular weight excluding hydrogens is 274 g/mol. The number of nitro groups is 1. The van der Waals surface area contributed by atoms with E-state index in [0.29, 0.717) is 23.3 Å². The van der Waals surface area contributed by atoms with Crippen molar-refractivity contribution in [3.05, 3.63) is 63.7 Å². The second kappa shape index (κ2) is 6.51. The topological polar surface area (TPSA) is 78.7 Å². The van der Waals surface area contributed by atoms with Crippen LogP contribution in [-0.4, -0.2) is 18.3 Å². The normalized spacial score (nSPS) is 9.95. The Hall–Kier alpha value is -2.89. The molecule has 0 unspecified atom stereocenters. The van der Waals surface area contributed by atoms with E-state index in [1.165, 1.54) is 19.2 Å². The second-order valence-corrected chi connectivity index (χ2v) is 4.23. The Morgan fingerprint density at radius 3 is 2.48 bits per heavy atom. The predicted octanol–water partition coefficient (Wildman–Crippen LogP) is 2.99. The van der Waals surface area contributed by atoms with Crippen molar-refractivity contribution in [2.45, 2.75) is 6.61 Å². The van der Waals surface area contributed by atoms with Crippen molar-refractivity contribution < 1.29 is 19.2 Å². The fourth-order valence-corrected chi connectivity index (χ4v) is 1.74. The summed E-state index contributed by atoms with van der Waals surface area (Å²) in [5, 5.41) is 10.6. The summed E-state index contributed by atoms with van der Waals surface area (Å²) in [5.74, 6) is 0.988. The van der Waals surface area contributed by atoms with Crippen LogP contribution >= 0.6 is 0 Å². The third kappa shape index (κ3) is 3.56. The molecule has 0 aromatic heterocycles. The molecule has 0 saturated carbocycles. The van der Waals surface area contributed by atoms with Gasteiger partial charge in [-0.1, -0.05) is 0 Å². The van der Waals surface area contributed by atoms with Gasteiger partial charge in [-0.05, 0) is 29.8 Å². The number of nitrogens with zero attached hydrogens (tertiary/aromatic N) is 1. The zero-order valence-electron chi connectivity index (χ0n) is 11.3. The number of ether oxygens (including phenoxy) is 2. The van der Waals surface area contributed by atoms with Crippen LogP contribution in [0.15, 0.2) is 42.5 Å². The van der Waals surface area contributed by atoms with Gasteiger partial charge >= 0.3 is 0 Å². The van der Waals surface area contributed by atoms with Crippen molar-refractivity contribution >= 4 is 12.0 Å². The van der Waals surface area contributed by atoms with Gasteiger partial charge in [-0.25, -0.2) is 0 Å². The third-order valence-corrected chi connectivity index (χ3v) is 2.89. The van der Waals surface area contributed by atoms with Crippen LogP contribution in [0, 0.1) is 10.1 Å². The Balaban J connectivity index is 2.11. The maximum absolute atomic E-state index is 11.0. The average Bonchev–Trinajstić information content (AvgIpc) is 2.52. The summed E-state index contributed by atoms with van der Waals surface area (Å²) in [7, 11) is 1.52. The lowest BCUT2D eigenvalue weighted by molar-refractivity contribution is -0.384. The maximum Gasteiger partial charge on any atom is 0.269 e. The largest absolute Gasteiger partial charge is 0.497 e. The number of hydrogen-bond donors (Lipinski definition) is 0. The number of methoxy groups -OCH3 is 1. The minimum atomic E-state index is -0.461. The lowest BCUT2D eigenvalue weighted by atomic mass is 10.2. The van der Waals surface area contributed by atoms with E-state index in [1.807, 2.05) is 0 Å². The number of benzene rings is 2. The van der Waals surface area contributed by atoms with E-state index in [1.54, 1.807) is 30.3 Å². The van der Waals surface area contributed by atoms with E-state index in [2.05, 4.69) is 0 Å². The fraction of sp³-hybridized carbons (Fsp3) is 0.133. The number of nitro benzene ring substituents is 1. The van der Waals surface area contributed by atoms with E-state index in [9.17, 15) is 14.9 Å². The first-order chi connectivity index (χ1) is 10.1. The lowest BCUT2D eigenvalue weighted by Gasteiger charge is -2.10. The van der Waals surface area contributed by atoms with Crippen LogP contribution in [0.2, 0.25) is 0 Å². The highest BCUT2D eigenvalue weighted by atomic mass is 16.6. The number of aldehydes is 1. The molecule has 0 saturated heterocycles. The van der Waals surface area contributed by atoms with E-state index < -0.39 is 4.92 Å². The van der Waals surface area contributed by atoms with Gasteiger partial charge in [0.25, 0.3) is 5.69 Å². The monoisotopic (exact) mass is 287 g/mol. The second-order valence-electron chi connectivity index (χ2n) is 4.23. The van der Waals surface area contributed by atoms with Gasteiger partial charge in [0, 0.05) is 18.2 Å². The van der Waals surface area contributed by atoms with Gasteiger partial charge in [0.05, 0.1) is 17.6 Å². The Morgan fingerprint density at radius 2 is 1.90 bits per heavy atom. The average molecular weight is 287 g/mol. The van der Waals surface area contributed by atoms with Gasteiger partial charge in [0.1, 0.15) is 18.1 Å². The van der Waals surface area contributed by atoms with Crippen LogP contribution in [0.3, 0.4) is 0 Å². The molecule has 0 atom stereocenters. The summed E-state index contributed by atoms with van der Waals surface area (Å²) in [5.41, 5.74) is 1.20. The van der Waals surface area contributed by atoms with Crippen LogP contribution in [0.1, 0.15) is 15.9 Å². The summed E-state index contributed by atoms with van der Waals surface area (Å²) in [6.07, 6.45) is 0.699. The van der Waals surface area contributed by atoms with Crippen molar-refractivity contribution in [2.24, 2.45) is 0 Å². The summed E-state index contributed by atoms with van der Waals surface area (Å²) in [6.45, 7) is 0.200. The molecule has 6 heteroatoms. The minimum Gasteiger partial charge on any atom is -0.497 e. The fourth-order valence-electron chi connectivity index (χ4n) is 1.74. The Labute approximate surface area is 121 Å². The summed E-state index contributed by atoms with van der Waals surface area (Å²) < 4.78 is 10.7. The standard InChI is InChI=1S/C15H13NO5/c1-20-14-7-4-12(9-17)15(8-14)21-10-11-2-5-13(6-3-11)16(18)19/h2-9H,10H2,1H3. The van der Waals surface area contributed by atoms with Gasteiger partial charge in [-0.15, -0.1) is 0 Å². The molecule has 0 fully saturated rings. The summed E-state index contributed by atoms with van der Waals surface area (Å²) in [6, 6.07) is 10.9. The molecule has 2 aromatic rings. The van der Waals surface area contributed by atoms with Gasteiger partial charge in [-0.3, -0.25) is 14.9 Å². The first-order valence-corrected chi connectivity index (χ1v) is 6.13. The van der Waals surface area contributed by atoms with Crippen molar-refractivity contribution in [2.75, 3.05) is 7.11 Å². The third-order valence-electron chi connectivity index (χ3n) is 2.89. The molecule has 0 radical (unpaired) electrons. The molecule has 6 nitrogen and oxygen atoms in total. The molecule has 0 aliphatic rings. The van der Waals surface area contributed by atoms with Crippen molar-refractivity contribution in [1.82, 2.24) is 0 Å². The lowest BCUT2D eigenvalue weighted by Crippen LogP contribution is -1.99. The van der Waals surface area contributed by atoms with E-state index in [0.717, 1.165) is 5.56 Å². The molecule has 0 spiro atoms. The van der Waals surface area contributed by atoms with Gasteiger partial charge in [-0.2, -0.15) is 0 Å². The first kappa shape index (κ1) is 14.5. The van der Waals surface area contributed by atoms with Gasteiger partial charge < -0.3 is 9.47 Å².